The number of halogens is 1. The van der Waals surface area contributed by atoms with Gasteiger partial charge in [0.1, 0.15) is 17.6 Å². The second-order valence-corrected chi connectivity index (χ2v) is 11.9. The lowest BCUT2D eigenvalue weighted by atomic mass is 9.93. The first-order valence-electron chi connectivity index (χ1n) is 12.8. The van der Waals surface area contributed by atoms with Crippen molar-refractivity contribution in [2.24, 2.45) is 5.92 Å². The molecule has 35 heavy (non-hydrogen) atoms. The summed E-state index contributed by atoms with van der Waals surface area (Å²) in [5, 5.41) is 35.2. The highest BCUT2D eigenvalue weighted by Gasteiger charge is 2.43. The molecule has 8 atom stereocenters. The van der Waals surface area contributed by atoms with Gasteiger partial charge < -0.3 is 25.6 Å². The lowest BCUT2D eigenvalue weighted by molar-refractivity contribution is -0.158. The molecule has 9 nitrogen and oxygen atoms in total. The van der Waals surface area contributed by atoms with Crippen LogP contribution in [0, 0.1) is 5.92 Å². The fourth-order valence-electron chi connectivity index (χ4n) is 4.89. The summed E-state index contributed by atoms with van der Waals surface area (Å²) in [6, 6.07) is -0.924. The topological polar surface area (TPSA) is 122 Å². The number of nitrogens with one attached hydrogen (secondary N) is 2. The Morgan fingerprint density at radius 1 is 1.34 bits per heavy atom. The van der Waals surface area contributed by atoms with Crippen LogP contribution in [0.25, 0.3) is 0 Å². The standard InChI is InChI=1S/C24H42ClN5O4S/c1-14(2)18-13-30(29-28-18)11-5-6-16-7-8-17(26-10-9-16)24(33)27-21(15(3)25)23-22(32)19(31)12-20(34-23)35-4/h13-17,19-23,26,31-32H,5-12H2,1-4H3,(H,27,33)/t15-,16-,17-,19+,20+,21+,22+,23+/m0/s1. The minimum absolute atomic E-state index is 0.136. The molecule has 4 N–H and O–H groups in total. The molecule has 2 aliphatic rings. The molecule has 11 heteroatoms. The van der Waals surface area contributed by atoms with Gasteiger partial charge in [0.15, 0.2) is 0 Å². The summed E-state index contributed by atoms with van der Waals surface area (Å²) in [6.45, 7) is 7.64. The third kappa shape index (κ3) is 8.04. The lowest BCUT2D eigenvalue weighted by Crippen LogP contribution is -2.61. The zero-order chi connectivity index (χ0) is 25.5. The van der Waals surface area contributed by atoms with Gasteiger partial charge >= 0.3 is 0 Å². The highest BCUT2D eigenvalue weighted by molar-refractivity contribution is 7.99. The van der Waals surface area contributed by atoms with Crippen LogP contribution >= 0.6 is 23.4 Å². The van der Waals surface area contributed by atoms with Gasteiger partial charge in [-0.2, -0.15) is 0 Å². The van der Waals surface area contributed by atoms with E-state index in [1.165, 1.54) is 11.8 Å². The highest BCUT2D eigenvalue weighted by atomic mass is 35.5. The predicted molar refractivity (Wildman–Crippen MR) is 139 cm³/mol. The largest absolute Gasteiger partial charge is 0.390 e. The van der Waals surface area contributed by atoms with E-state index in [-0.39, 0.29) is 17.4 Å². The van der Waals surface area contributed by atoms with Crippen molar-refractivity contribution < 1.29 is 19.7 Å². The fourth-order valence-corrected chi connectivity index (χ4v) is 5.73. The molecule has 1 aromatic rings. The zero-order valence-corrected chi connectivity index (χ0v) is 22.8. The first-order chi connectivity index (χ1) is 16.7. The number of rotatable bonds is 10. The predicted octanol–water partition coefficient (Wildman–Crippen LogP) is 2.25. The van der Waals surface area contributed by atoms with E-state index >= 15 is 0 Å². The minimum atomic E-state index is -1.10. The van der Waals surface area contributed by atoms with Gasteiger partial charge in [-0.05, 0) is 63.7 Å². The molecule has 0 saturated carbocycles. The summed E-state index contributed by atoms with van der Waals surface area (Å²) < 4.78 is 7.91. The summed E-state index contributed by atoms with van der Waals surface area (Å²) in [4.78, 5) is 13.2. The summed E-state index contributed by atoms with van der Waals surface area (Å²) in [7, 11) is 0. The van der Waals surface area contributed by atoms with Crippen LogP contribution in [0.5, 0.6) is 0 Å². The number of hydrogen-bond donors (Lipinski definition) is 4. The number of alkyl halides is 1. The van der Waals surface area contributed by atoms with E-state index in [1.54, 1.807) is 6.92 Å². The van der Waals surface area contributed by atoms with Crippen molar-refractivity contribution in [3.05, 3.63) is 11.9 Å². The summed E-state index contributed by atoms with van der Waals surface area (Å²) in [5.41, 5.74) is 0.770. The van der Waals surface area contributed by atoms with Crippen molar-refractivity contribution in [2.75, 3.05) is 12.8 Å². The van der Waals surface area contributed by atoms with E-state index in [0.29, 0.717) is 18.3 Å². The van der Waals surface area contributed by atoms with Crippen molar-refractivity contribution in [1.82, 2.24) is 25.6 Å². The average Bonchev–Trinajstić information content (AvgIpc) is 3.17. The molecule has 0 unspecified atom stereocenters. The highest BCUT2D eigenvalue weighted by Crippen LogP contribution is 2.30. The molecule has 2 fully saturated rings. The van der Waals surface area contributed by atoms with Crippen molar-refractivity contribution in [1.29, 1.82) is 0 Å². The number of thioether (sulfide) groups is 1. The minimum Gasteiger partial charge on any atom is -0.390 e. The quantitative estimate of drug-likeness (QED) is 0.339. The second-order valence-electron chi connectivity index (χ2n) is 10.2. The Balaban J connectivity index is 1.49. The fraction of sp³-hybridized carbons (Fsp3) is 0.875. The van der Waals surface area contributed by atoms with Crippen molar-refractivity contribution in [2.45, 2.75) is 113 Å². The molecule has 3 heterocycles. The average molecular weight is 532 g/mol. The molecule has 2 saturated heterocycles. The third-order valence-corrected chi connectivity index (χ3v) is 8.27. The van der Waals surface area contributed by atoms with Crippen LogP contribution in [-0.2, 0) is 16.1 Å². The first-order valence-corrected chi connectivity index (χ1v) is 14.5. The maximum atomic E-state index is 13.2. The Kier molecular flexibility index (Phi) is 11.1. The van der Waals surface area contributed by atoms with Crippen LogP contribution in [-0.4, -0.2) is 85.1 Å². The van der Waals surface area contributed by atoms with Gasteiger partial charge in [-0.25, -0.2) is 0 Å². The molecule has 1 amide bonds. The number of carbonyl (C=O) groups is 1. The number of aryl methyl sites for hydroxylation is 1. The Morgan fingerprint density at radius 2 is 2.11 bits per heavy atom. The summed E-state index contributed by atoms with van der Waals surface area (Å²) in [6.07, 6.45) is 6.35. The normalized spacial score (nSPS) is 31.7. The molecule has 200 valence electrons. The van der Waals surface area contributed by atoms with Crippen molar-refractivity contribution in [3.8, 4) is 0 Å². The van der Waals surface area contributed by atoms with Crippen LogP contribution in [0.4, 0.5) is 0 Å². The van der Waals surface area contributed by atoms with Gasteiger partial charge in [0.05, 0.1) is 29.3 Å². The van der Waals surface area contributed by atoms with E-state index in [9.17, 15) is 15.0 Å². The van der Waals surface area contributed by atoms with E-state index in [4.69, 9.17) is 16.3 Å². The summed E-state index contributed by atoms with van der Waals surface area (Å²) >= 11 is 7.89. The molecule has 0 aliphatic carbocycles. The van der Waals surface area contributed by atoms with E-state index < -0.39 is 29.7 Å². The molecule has 1 aromatic heterocycles. The van der Waals surface area contributed by atoms with E-state index in [1.807, 2.05) is 17.1 Å². The third-order valence-electron chi connectivity index (χ3n) is 7.17. The Labute approximate surface area is 218 Å². The number of carbonyl (C=O) groups excluding carboxylic acids is 1. The molecule has 0 aromatic carbocycles. The molecular weight excluding hydrogens is 490 g/mol. The van der Waals surface area contributed by atoms with Gasteiger partial charge in [0.2, 0.25) is 5.91 Å². The summed E-state index contributed by atoms with van der Waals surface area (Å²) in [5.74, 6) is 0.798. The van der Waals surface area contributed by atoms with Gasteiger partial charge in [-0.3, -0.25) is 9.48 Å². The molecule has 3 rings (SSSR count). The van der Waals surface area contributed by atoms with Crippen LogP contribution in [0.1, 0.15) is 70.9 Å². The maximum Gasteiger partial charge on any atom is 0.237 e. The first kappa shape index (κ1) is 28.7. The molecule has 0 radical (unpaired) electrons. The van der Waals surface area contributed by atoms with Crippen LogP contribution in [0.15, 0.2) is 6.20 Å². The van der Waals surface area contributed by atoms with Gasteiger partial charge in [0, 0.05) is 19.2 Å². The van der Waals surface area contributed by atoms with Crippen LogP contribution in [0.2, 0.25) is 0 Å². The number of nitrogens with zero attached hydrogens (tertiary/aromatic N) is 3. The van der Waals surface area contributed by atoms with Crippen LogP contribution in [0.3, 0.4) is 0 Å². The Hall–Kier alpha value is -0.910. The smallest absolute Gasteiger partial charge is 0.237 e. The molecule has 0 spiro atoms. The van der Waals surface area contributed by atoms with Gasteiger partial charge in [-0.1, -0.05) is 19.1 Å². The SMILES string of the molecule is CS[C@@H]1C[C@@H](O)[C@@H](O)[C@@H]([C@H](NC(=O)[C@@H]2CC[C@H](CCCn3cc(C(C)C)nn3)CCN2)[C@H](C)Cl)O1. The maximum absolute atomic E-state index is 13.2. The van der Waals surface area contributed by atoms with Crippen molar-refractivity contribution >= 4 is 29.3 Å². The van der Waals surface area contributed by atoms with Crippen molar-refractivity contribution in [3.63, 3.8) is 0 Å². The number of ether oxygens (including phenoxy) is 1. The number of aromatic nitrogens is 3. The zero-order valence-electron chi connectivity index (χ0n) is 21.3. The van der Waals surface area contributed by atoms with E-state index in [0.717, 1.165) is 50.9 Å². The number of aliphatic hydroxyl groups excluding tert-OH is 2. The lowest BCUT2D eigenvalue weighted by Gasteiger charge is -2.41. The van der Waals surface area contributed by atoms with Gasteiger partial charge in [0.25, 0.3) is 0 Å². The molecule has 0 bridgehead atoms. The monoisotopic (exact) mass is 531 g/mol. The van der Waals surface area contributed by atoms with Crippen LogP contribution < -0.4 is 10.6 Å². The Morgan fingerprint density at radius 3 is 2.77 bits per heavy atom. The number of aliphatic hydroxyl groups is 2. The number of amides is 1. The molecule has 2 aliphatic heterocycles. The van der Waals surface area contributed by atoms with Gasteiger partial charge in [-0.15, -0.1) is 28.5 Å². The van der Waals surface area contributed by atoms with E-state index in [2.05, 4.69) is 34.8 Å². The second kappa shape index (κ2) is 13.6. The molecular formula is C24H42ClN5O4S. The Bertz CT molecular complexity index is 798. The number of hydrogen-bond acceptors (Lipinski definition) is 8.